The van der Waals surface area contributed by atoms with E-state index < -0.39 is 36.7 Å². The molecule has 0 aliphatic rings. The van der Waals surface area contributed by atoms with Gasteiger partial charge in [-0.1, -0.05) is 0 Å². The Morgan fingerprint density at radius 3 is 2.08 bits per heavy atom. The Balaban J connectivity index is 3.02. The van der Waals surface area contributed by atoms with E-state index in [2.05, 4.69) is 10.6 Å². The number of benzene rings is 1. The molecule has 128 valence electrons. The molecule has 0 aromatic heterocycles. The number of nitroso groups, excluding NO2 is 2. The van der Waals surface area contributed by atoms with Gasteiger partial charge in [0.05, 0.1) is 16.3 Å². The quantitative estimate of drug-likeness (QED) is 0.503. The number of hydrogen-bond donors (Lipinski definition) is 2. The minimum Gasteiger partial charge on any atom is -0.481 e. The van der Waals surface area contributed by atoms with Gasteiger partial charge < -0.3 is 10.2 Å². The second-order valence-corrected chi connectivity index (χ2v) is 4.67. The number of carbonyl (C=O) groups is 3. The molecule has 0 unspecified atom stereocenters. The van der Waals surface area contributed by atoms with Crippen LogP contribution in [-0.2, 0) is 9.59 Å². The predicted octanol–water partition coefficient (Wildman–Crippen LogP) is 1.25. The minimum atomic E-state index is -1.70. The lowest BCUT2D eigenvalue weighted by Gasteiger charge is -2.20. The topological polar surface area (TPSA) is 157 Å². The molecule has 0 spiro atoms. The first-order valence-electron chi connectivity index (χ1n) is 6.60. The molecular formula is C13H14N4O7. The number of carboxylic acids is 2. The van der Waals surface area contributed by atoms with Gasteiger partial charge >= 0.3 is 11.9 Å². The number of anilines is 1. The van der Waals surface area contributed by atoms with Gasteiger partial charge in [0.25, 0.3) is 5.91 Å². The molecule has 1 rings (SSSR count). The van der Waals surface area contributed by atoms with E-state index in [1.165, 1.54) is 31.3 Å². The van der Waals surface area contributed by atoms with E-state index in [1.54, 1.807) is 0 Å². The van der Waals surface area contributed by atoms with Gasteiger partial charge in [-0.05, 0) is 30.7 Å². The van der Waals surface area contributed by atoms with Crippen LogP contribution in [0.15, 0.2) is 34.8 Å². The standard InChI is InChI=1S/C13H14N4O7/c1-16(14-23)9-4-2-8(3-5-9)12(20)17(15-24)10(13(21)22)6-7-11(18)19/h2-5,10H,6-7H2,1H3,(H,18,19)(H,21,22)/t10-/m0/s1. The summed E-state index contributed by atoms with van der Waals surface area (Å²) in [5.74, 6) is -3.82. The van der Waals surface area contributed by atoms with Crippen LogP contribution in [-0.4, -0.2) is 46.2 Å². The summed E-state index contributed by atoms with van der Waals surface area (Å²) in [4.78, 5) is 55.3. The maximum Gasteiger partial charge on any atom is 0.328 e. The van der Waals surface area contributed by atoms with Crippen molar-refractivity contribution in [3.63, 3.8) is 0 Å². The number of carboxylic acid groups (broad SMARTS) is 2. The van der Waals surface area contributed by atoms with Crippen molar-refractivity contribution in [2.75, 3.05) is 12.1 Å². The lowest BCUT2D eigenvalue weighted by Crippen LogP contribution is -2.41. The summed E-state index contributed by atoms with van der Waals surface area (Å²) in [6.45, 7) is 0. The fraction of sp³-hybridized carbons (Fsp3) is 0.308. The van der Waals surface area contributed by atoms with E-state index in [0.717, 1.165) is 5.01 Å². The van der Waals surface area contributed by atoms with Crippen LogP contribution in [0.1, 0.15) is 23.2 Å². The van der Waals surface area contributed by atoms with Crippen LogP contribution in [0.4, 0.5) is 5.69 Å². The van der Waals surface area contributed by atoms with Crippen LogP contribution < -0.4 is 5.01 Å². The van der Waals surface area contributed by atoms with E-state index >= 15 is 0 Å². The Morgan fingerprint density at radius 2 is 1.67 bits per heavy atom. The van der Waals surface area contributed by atoms with Crippen molar-refractivity contribution in [3.8, 4) is 0 Å². The van der Waals surface area contributed by atoms with Crippen molar-refractivity contribution >= 4 is 23.5 Å². The third-order valence-electron chi connectivity index (χ3n) is 3.12. The molecule has 0 radical (unpaired) electrons. The summed E-state index contributed by atoms with van der Waals surface area (Å²) in [5, 5.41) is 24.0. The van der Waals surface area contributed by atoms with Crippen LogP contribution >= 0.6 is 0 Å². The molecule has 0 heterocycles. The minimum absolute atomic E-state index is 0.0563. The van der Waals surface area contributed by atoms with Gasteiger partial charge in [-0.2, -0.15) is 5.01 Å². The third-order valence-corrected chi connectivity index (χ3v) is 3.12. The van der Waals surface area contributed by atoms with Crippen LogP contribution in [0.3, 0.4) is 0 Å². The van der Waals surface area contributed by atoms with Crippen molar-refractivity contribution in [1.29, 1.82) is 0 Å². The summed E-state index contributed by atoms with van der Waals surface area (Å²) >= 11 is 0. The number of aliphatic carboxylic acids is 2. The molecule has 1 aromatic rings. The monoisotopic (exact) mass is 338 g/mol. The predicted molar refractivity (Wildman–Crippen MR) is 80.9 cm³/mol. The highest BCUT2D eigenvalue weighted by Gasteiger charge is 2.32. The smallest absolute Gasteiger partial charge is 0.328 e. The molecule has 2 N–H and O–H groups in total. The lowest BCUT2D eigenvalue weighted by molar-refractivity contribution is -0.143. The summed E-state index contributed by atoms with van der Waals surface area (Å²) in [5.41, 5.74) is 0.312. The van der Waals surface area contributed by atoms with E-state index in [0.29, 0.717) is 5.69 Å². The van der Waals surface area contributed by atoms with Crippen LogP contribution in [0.5, 0.6) is 0 Å². The Labute approximate surface area is 135 Å². The van der Waals surface area contributed by atoms with Gasteiger partial charge in [-0.25, -0.2) is 9.80 Å². The second-order valence-electron chi connectivity index (χ2n) is 4.67. The fourth-order valence-electron chi connectivity index (χ4n) is 1.85. The molecule has 0 aliphatic carbocycles. The molecule has 1 aromatic carbocycles. The molecule has 0 bridgehead atoms. The van der Waals surface area contributed by atoms with E-state index in [1.807, 2.05) is 0 Å². The van der Waals surface area contributed by atoms with Gasteiger partial charge in [-0.3, -0.25) is 9.59 Å². The van der Waals surface area contributed by atoms with Crippen molar-refractivity contribution in [2.24, 2.45) is 10.6 Å². The average Bonchev–Trinajstić information content (AvgIpc) is 2.56. The summed E-state index contributed by atoms with van der Waals surface area (Å²) < 4.78 is 0. The Morgan fingerprint density at radius 1 is 1.08 bits per heavy atom. The number of amides is 1. The first-order valence-corrected chi connectivity index (χ1v) is 6.60. The number of hydrogen-bond acceptors (Lipinski definition) is 7. The third kappa shape index (κ3) is 4.56. The molecule has 11 nitrogen and oxygen atoms in total. The van der Waals surface area contributed by atoms with Gasteiger partial charge in [0.1, 0.15) is 0 Å². The molecule has 1 atom stereocenters. The molecule has 0 fully saturated rings. The fourth-order valence-corrected chi connectivity index (χ4v) is 1.85. The second kappa shape index (κ2) is 8.31. The zero-order valence-corrected chi connectivity index (χ0v) is 12.5. The Hall–Kier alpha value is -3.37. The lowest BCUT2D eigenvalue weighted by atomic mass is 10.1. The normalized spacial score (nSPS) is 11.2. The van der Waals surface area contributed by atoms with Gasteiger partial charge in [0.15, 0.2) is 6.04 Å². The van der Waals surface area contributed by atoms with Crippen LogP contribution in [0.2, 0.25) is 0 Å². The number of carbonyl (C=O) groups excluding carboxylic acids is 1. The first kappa shape index (κ1) is 18.7. The van der Waals surface area contributed by atoms with Crippen molar-refractivity contribution < 1.29 is 24.6 Å². The maximum atomic E-state index is 12.2. The van der Waals surface area contributed by atoms with E-state index in [9.17, 15) is 24.2 Å². The SMILES string of the molecule is CN(N=O)c1ccc(C(=O)N(N=O)[C@@H](CCC(=O)O)C(=O)O)cc1. The molecule has 0 saturated carbocycles. The van der Waals surface area contributed by atoms with Crippen molar-refractivity contribution in [1.82, 2.24) is 5.01 Å². The van der Waals surface area contributed by atoms with Gasteiger partial charge in [0.2, 0.25) is 0 Å². The van der Waals surface area contributed by atoms with Crippen LogP contribution in [0.25, 0.3) is 0 Å². The van der Waals surface area contributed by atoms with Gasteiger partial charge in [0, 0.05) is 19.0 Å². The zero-order valence-electron chi connectivity index (χ0n) is 12.5. The average molecular weight is 338 g/mol. The van der Waals surface area contributed by atoms with E-state index in [4.69, 9.17) is 10.2 Å². The highest BCUT2D eigenvalue weighted by Crippen LogP contribution is 2.18. The maximum absolute atomic E-state index is 12.2. The van der Waals surface area contributed by atoms with Crippen LogP contribution in [0, 0.1) is 9.81 Å². The molecule has 24 heavy (non-hydrogen) atoms. The Kier molecular flexibility index (Phi) is 6.47. The van der Waals surface area contributed by atoms with E-state index in [-0.39, 0.29) is 10.6 Å². The van der Waals surface area contributed by atoms with Crippen molar-refractivity contribution in [3.05, 3.63) is 39.6 Å². The number of nitrogens with zero attached hydrogens (tertiary/aromatic N) is 4. The summed E-state index contributed by atoms with van der Waals surface area (Å²) in [6.07, 6.45) is -1.02. The zero-order chi connectivity index (χ0) is 18.3. The Bertz CT molecular complexity index is 646. The molecule has 0 aliphatic heterocycles. The number of rotatable bonds is 9. The highest BCUT2D eigenvalue weighted by molar-refractivity contribution is 5.96. The summed E-state index contributed by atoms with van der Waals surface area (Å²) in [7, 11) is 1.38. The molecular weight excluding hydrogens is 324 g/mol. The largest absolute Gasteiger partial charge is 0.481 e. The molecule has 0 saturated heterocycles. The first-order chi connectivity index (χ1) is 11.3. The van der Waals surface area contributed by atoms with Crippen molar-refractivity contribution in [2.45, 2.75) is 18.9 Å². The molecule has 1 amide bonds. The summed E-state index contributed by atoms with van der Waals surface area (Å²) in [6, 6.07) is 3.54. The molecule has 11 heteroatoms. The van der Waals surface area contributed by atoms with Gasteiger partial charge in [-0.15, -0.1) is 9.81 Å². The highest BCUT2D eigenvalue weighted by atomic mass is 16.4.